The van der Waals surface area contributed by atoms with Gasteiger partial charge < -0.3 is 15.0 Å². The van der Waals surface area contributed by atoms with Crippen LogP contribution in [0.15, 0.2) is 36.7 Å². The molecule has 32 heavy (non-hydrogen) atoms. The van der Waals surface area contributed by atoms with Gasteiger partial charge in [0.1, 0.15) is 0 Å². The van der Waals surface area contributed by atoms with Gasteiger partial charge in [-0.05, 0) is 67.7 Å². The summed E-state index contributed by atoms with van der Waals surface area (Å²) in [6, 6.07) is 6.47. The molecule has 4 heterocycles. The molecule has 172 valence electrons. The molecule has 1 aliphatic carbocycles. The molecule has 0 bridgehead atoms. The zero-order valence-corrected chi connectivity index (χ0v) is 17.8. The lowest BCUT2D eigenvalue weighted by atomic mass is 10.00. The molecule has 0 aromatic carbocycles. The summed E-state index contributed by atoms with van der Waals surface area (Å²) >= 11 is 0. The molecule has 3 aliphatic rings. The number of anilines is 1. The van der Waals surface area contributed by atoms with Crippen molar-refractivity contribution in [1.29, 1.82) is 0 Å². The number of fused-ring (bicyclic) bond motifs is 1. The summed E-state index contributed by atoms with van der Waals surface area (Å²) in [6.07, 6.45) is 1.62. The lowest BCUT2D eigenvalue weighted by molar-refractivity contribution is -0.140. The van der Waals surface area contributed by atoms with E-state index >= 15 is 0 Å². The summed E-state index contributed by atoms with van der Waals surface area (Å²) in [5.41, 5.74) is 0.0497. The van der Waals surface area contributed by atoms with Crippen LogP contribution in [0.3, 0.4) is 0 Å². The Morgan fingerprint density at radius 2 is 1.84 bits per heavy atom. The molecule has 8 heteroatoms. The molecular weight excluding hydrogens is 417 g/mol. The largest absolute Gasteiger partial charge is 0.434 e. The molecule has 0 amide bonds. The zero-order valence-electron chi connectivity index (χ0n) is 19.8. The van der Waals surface area contributed by atoms with Crippen LogP contribution in [-0.4, -0.2) is 53.7 Å². The van der Waals surface area contributed by atoms with Gasteiger partial charge in [-0.15, -0.1) is 0 Å². The SMILES string of the molecule is [2H]C([2H])(C1CCOCC1)N1CC2CC(Nc3ccc(-c4cccnc4C(F)(F)F)nc3)CC2C1. The van der Waals surface area contributed by atoms with Gasteiger partial charge in [-0.2, -0.15) is 13.2 Å². The van der Waals surface area contributed by atoms with Crippen molar-refractivity contribution in [1.82, 2.24) is 14.9 Å². The van der Waals surface area contributed by atoms with Gasteiger partial charge in [0.25, 0.3) is 0 Å². The number of nitrogens with one attached hydrogen (secondary N) is 1. The summed E-state index contributed by atoms with van der Waals surface area (Å²) in [6.45, 7) is 1.53. The fourth-order valence-electron chi connectivity index (χ4n) is 5.32. The molecule has 2 aromatic heterocycles. The number of likely N-dealkylation sites (tertiary alicyclic amines) is 1. The lowest BCUT2D eigenvalue weighted by Gasteiger charge is -2.27. The molecule has 1 saturated carbocycles. The first-order valence-corrected chi connectivity index (χ1v) is 11.3. The van der Waals surface area contributed by atoms with Crippen LogP contribution >= 0.6 is 0 Å². The van der Waals surface area contributed by atoms with E-state index in [1.54, 1.807) is 18.3 Å². The van der Waals surface area contributed by atoms with E-state index in [4.69, 9.17) is 7.48 Å². The molecule has 5 nitrogen and oxygen atoms in total. The molecule has 2 saturated heterocycles. The van der Waals surface area contributed by atoms with Crippen molar-refractivity contribution in [3.8, 4) is 11.3 Å². The quantitative estimate of drug-likeness (QED) is 0.718. The number of ether oxygens (including phenoxy) is 1. The minimum Gasteiger partial charge on any atom is -0.381 e. The fourth-order valence-corrected chi connectivity index (χ4v) is 5.32. The highest BCUT2D eigenvalue weighted by molar-refractivity contribution is 5.64. The van der Waals surface area contributed by atoms with Gasteiger partial charge in [0, 0.05) is 53.3 Å². The second kappa shape index (κ2) is 8.98. The second-order valence-corrected chi connectivity index (χ2v) is 9.08. The van der Waals surface area contributed by atoms with Crippen molar-refractivity contribution in [2.45, 2.75) is 37.9 Å². The van der Waals surface area contributed by atoms with Crippen molar-refractivity contribution in [2.24, 2.45) is 17.8 Å². The van der Waals surface area contributed by atoms with Gasteiger partial charge in [0.05, 0.1) is 17.6 Å². The zero-order chi connectivity index (χ0) is 23.9. The highest BCUT2D eigenvalue weighted by atomic mass is 19.4. The second-order valence-electron chi connectivity index (χ2n) is 9.08. The molecule has 0 spiro atoms. The molecule has 2 unspecified atom stereocenters. The summed E-state index contributed by atoms with van der Waals surface area (Å²) in [5, 5.41) is 3.48. The van der Waals surface area contributed by atoms with Crippen molar-refractivity contribution >= 4 is 5.69 Å². The van der Waals surface area contributed by atoms with Crippen LogP contribution in [0, 0.1) is 17.8 Å². The first kappa shape index (κ1) is 19.3. The molecular formula is C24H29F3N4O. The van der Waals surface area contributed by atoms with E-state index in [-0.39, 0.29) is 23.2 Å². The number of hydrogen-bond acceptors (Lipinski definition) is 5. The molecule has 2 aliphatic heterocycles. The first-order valence-electron chi connectivity index (χ1n) is 12.3. The maximum absolute atomic E-state index is 13.3. The van der Waals surface area contributed by atoms with Crippen LogP contribution in [-0.2, 0) is 10.9 Å². The predicted molar refractivity (Wildman–Crippen MR) is 116 cm³/mol. The monoisotopic (exact) mass is 448 g/mol. The smallest absolute Gasteiger partial charge is 0.381 e. The number of halogens is 3. The fraction of sp³-hybridized carbons (Fsp3) is 0.583. The molecule has 1 N–H and O–H groups in total. The Morgan fingerprint density at radius 1 is 1.09 bits per heavy atom. The minimum atomic E-state index is -4.54. The van der Waals surface area contributed by atoms with Crippen molar-refractivity contribution in [3.63, 3.8) is 0 Å². The van der Waals surface area contributed by atoms with E-state index in [0.29, 0.717) is 25.0 Å². The van der Waals surface area contributed by atoms with E-state index in [2.05, 4.69) is 15.3 Å². The van der Waals surface area contributed by atoms with Gasteiger partial charge in [-0.1, -0.05) is 0 Å². The average Bonchev–Trinajstić information content (AvgIpc) is 3.39. The van der Waals surface area contributed by atoms with Gasteiger partial charge in [0.15, 0.2) is 5.69 Å². The van der Waals surface area contributed by atoms with Crippen LogP contribution in [0.4, 0.5) is 18.9 Å². The van der Waals surface area contributed by atoms with Crippen molar-refractivity contribution in [3.05, 3.63) is 42.4 Å². The number of hydrogen-bond donors (Lipinski definition) is 1. The molecule has 0 radical (unpaired) electrons. The third-order valence-corrected chi connectivity index (χ3v) is 6.82. The summed E-state index contributed by atoms with van der Waals surface area (Å²) in [7, 11) is 0. The molecule has 2 atom stereocenters. The normalized spacial score (nSPS) is 28.3. The van der Waals surface area contributed by atoms with Gasteiger partial charge in [0.2, 0.25) is 0 Å². The average molecular weight is 449 g/mol. The minimum absolute atomic E-state index is 0.0243. The first-order chi connectivity index (χ1) is 16.2. The topological polar surface area (TPSA) is 50.3 Å². The molecule has 2 aromatic rings. The van der Waals surface area contributed by atoms with E-state index in [9.17, 15) is 13.2 Å². The van der Waals surface area contributed by atoms with Gasteiger partial charge in [-0.3, -0.25) is 9.97 Å². The van der Waals surface area contributed by atoms with Crippen molar-refractivity contribution in [2.75, 3.05) is 38.1 Å². The van der Waals surface area contributed by atoms with Gasteiger partial charge >= 0.3 is 6.18 Å². The number of alkyl halides is 3. The summed E-state index contributed by atoms with van der Waals surface area (Å²) in [4.78, 5) is 9.80. The van der Waals surface area contributed by atoms with Crippen LogP contribution < -0.4 is 5.32 Å². The highest BCUT2D eigenvalue weighted by Gasteiger charge is 2.41. The third kappa shape index (κ3) is 4.76. The predicted octanol–water partition coefficient (Wildman–Crippen LogP) is 4.71. The number of nitrogens with zero attached hydrogens (tertiary/aromatic N) is 3. The van der Waals surface area contributed by atoms with Crippen LogP contribution in [0.5, 0.6) is 0 Å². The highest BCUT2D eigenvalue weighted by Crippen LogP contribution is 2.40. The molecule has 5 rings (SSSR count). The Balaban J connectivity index is 1.19. The Bertz CT molecular complexity index is 984. The van der Waals surface area contributed by atoms with Gasteiger partial charge in [-0.25, -0.2) is 0 Å². The number of rotatable bonds is 5. The maximum Gasteiger partial charge on any atom is 0.434 e. The van der Waals surface area contributed by atoms with Crippen molar-refractivity contribution < 1.29 is 20.6 Å². The van der Waals surface area contributed by atoms with Crippen LogP contribution in [0.2, 0.25) is 0 Å². The molecule has 3 fully saturated rings. The Hall–Kier alpha value is -2.19. The third-order valence-electron chi connectivity index (χ3n) is 6.82. The Kier molecular flexibility index (Phi) is 5.42. The summed E-state index contributed by atoms with van der Waals surface area (Å²) in [5.74, 6) is 0.921. The summed E-state index contributed by atoms with van der Waals surface area (Å²) < 4.78 is 62.6. The Morgan fingerprint density at radius 3 is 2.50 bits per heavy atom. The number of pyridine rings is 2. The number of aromatic nitrogens is 2. The van der Waals surface area contributed by atoms with E-state index in [0.717, 1.165) is 50.7 Å². The van der Waals surface area contributed by atoms with Crippen LogP contribution in [0.1, 0.15) is 34.1 Å². The van der Waals surface area contributed by atoms with E-state index < -0.39 is 18.4 Å². The standard InChI is InChI=1S/C24H29F3N4O/c25-24(26,27)23-21(2-1-7-28-23)22-4-3-19(12-29-22)30-20-10-17-14-31(15-18(17)11-20)13-16-5-8-32-9-6-16/h1-4,7,12,16-18,20,30H,5-6,8-11,13-15H2/i13D2. The van der Waals surface area contributed by atoms with E-state index in [1.807, 2.05) is 4.90 Å². The maximum atomic E-state index is 13.3. The van der Waals surface area contributed by atoms with E-state index in [1.165, 1.54) is 12.1 Å². The lowest BCUT2D eigenvalue weighted by Crippen LogP contribution is -2.32. The Labute approximate surface area is 189 Å². The van der Waals surface area contributed by atoms with Crippen LogP contribution in [0.25, 0.3) is 11.3 Å².